The predicted octanol–water partition coefficient (Wildman–Crippen LogP) is 1.81. The molecule has 1 amide bonds. The van der Waals surface area contributed by atoms with Gasteiger partial charge >= 0.3 is 0 Å². The predicted molar refractivity (Wildman–Crippen MR) is 72.4 cm³/mol. The van der Waals surface area contributed by atoms with Crippen molar-refractivity contribution in [2.75, 3.05) is 13.1 Å². The quantitative estimate of drug-likeness (QED) is 0.866. The van der Waals surface area contributed by atoms with Crippen LogP contribution in [0, 0.1) is 0 Å². The third-order valence-electron chi connectivity index (χ3n) is 3.61. The van der Waals surface area contributed by atoms with Crippen molar-refractivity contribution < 1.29 is 4.79 Å². The first-order valence-corrected chi connectivity index (χ1v) is 7.18. The molecule has 96 valence electrons. The minimum Gasteiger partial charge on any atom is -0.348 e. The van der Waals surface area contributed by atoms with Gasteiger partial charge in [-0.1, -0.05) is 0 Å². The molecule has 1 aliphatic heterocycles. The van der Waals surface area contributed by atoms with E-state index in [9.17, 15) is 4.79 Å². The minimum absolute atomic E-state index is 0.0161. The molecule has 3 rings (SSSR count). The fourth-order valence-electron chi connectivity index (χ4n) is 2.46. The molecule has 0 aromatic carbocycles. The number of amides is 1. The van der Waals surface area contributed by atoms with Crippen molar-refractivity contribution in [3.8, 4) is 0 Å². The molecule has 0 bridgehead atoms. The van der Waals surface area contributed by atoms with E-state index < -0.39 is 0 Å². The fraction of sp³-hybridized carbons (Fsp3) is 0.538. The maximum absolute atomic E-state index is 12.0. The van der Waals surface area contributed by atoms with E-state index >= 15 is 0 Å². The van der Waals surface area contributed by atoms with Gasteiger partial charge in [0.2, 0.25) is 0 Å². The van der Waals surface area contributed by atoms with Crippen molar-refractivity contribution in [1.82, 2.24) is 15.2 Å². The number of pyridine rings is 1. The lowest BCUT2D eigenvalue weighted by molar-refractivity contribution is 0.0937. The molecule has 1 saturated carbocycles. The molecule has 5 heteroatoms. The number of likely N-dealkylation sites (tertiary alicyclic amines) is 1. The highest BCUT2D eigenvalue weighted by atomic mass is 79.9. The number of aromatic nitrogens is 1. The van der Waals surface area contributed by atoms with Gasteiger partial charge in [0, 0.05) is 31.4 Å². The smallest absolute Gasteiger partial charge is 0.253 e. The zero-order valence-corrected chi connectivity index (χ0v) is 11.7. The monoisotopic (exact) mass is 309 g/mol. The molecule has 0 radical (unpaired) electrons. The Labute approximate surface area is 115 Å². The summed E-state index contributed by atoms with van der Waals surface area (Å²) in [6, 6.07) is 4.67. The van der Waals surface area contributed by atoms with E-state index in [4.69, 9.17) is 0 Å². The second-order valence-electron chi connectivity index (χ2n) is 5.05. The van der Waals surface area contributed by atoms with Crippen LogP contribution >= 0.6 is 15.9 Å². The van der Waals surface area contributed by atoms with E-state index in [-0.39, 0.29) is 5.91 Å². The van der Waals surface area contributed by atoms with Crippen molar-refractivity contribution >= 4 is 21.8 Å². The standard InChI is InChI=1S/C13H16BrN3O/c14-12-4-1-9(7-15-12)13(18)16-10-5-6-17(8-10)11-2-3-11/h1,4,7,10-11H,2-3,5-6,8H2,(H,16,18). The summed E-state index contributed by atoms with van der Waals surface area (Å²) in [7, 11) is 0. The third-order valence-corrected chi connectivity index (χ3v) is 4.08. The summed E-state index contributed by atoms with van der Waals surface area (Å²) < 4.78 is 0.750. The van der Waals surface area contributed by atoms with Gasteiger partial charge in [0.1, 0.15) is 4.60 Å². The average Bonchev–Trinajstić information content (AvgIpc) is 3.11. The summed E-state index contributed by atoms with van der Waals surface area (Å²) in [6.07, 6.45) is 5.33. The highest BCUT2D eigenvalue weighted by Gasteiger charge is 2.34. The van der Waals surface area contributed by atoms with Gasteiger partial charge in [-0.15, -0.1) is 0 Å². The van der Waals surface area contributed by atoms with Crippen LogP contribution in [0.5, 0.6) is 0 Å². The van der Waals surface area contributed by atoms with Gasteiger partial charge in [-0.25, -0.2) is 4.98 Å². The third kappa shape index (κ3) is 2.72. The zero-order chi connectivity index (χ0) is 12.5. The molecule has 2 heterocycles. The van der Waals surface area contributed by atoms with E-state index in [1.807, 2.05) is 0 Å². The number of hydrogen-bond acceptors (Lipinski definition) is 3. The normalized spacial score (nSPS) is 24.2. The van der Waals surface area contributed by atoms with Crippen molar-refractivity contribution in [2.45, 2.75) is 31.3 Å². The number of carbonyl (C=O) groups excluding carboxylic acids is 1. The van der Waals surface area contributed by atoms with Gasteiger partial charge in [0.05, 0.1) is 5.56 Å². The van der Waals surface area contributed by atoms with Gasteiger partial charge < -0.3 is 5.32 Å². The number of halogens is 1. The molecule has 0 spiro atoms. The lowest BCUT2D eigenvalue weighted by Gasteiger charge is -2.15. The first-order valence-electron chi connectivity index (χ1n) is 6.39. The number of rotatable bonds is 3. The van der Waals surface area contributed by atoms with Crippen LogP contribution in [0.4, 0.5) is 0 Å². The highest BCUT2D eigenvalue weighted by molar-refractivity contribution is 9.10. The summed E-state index contributed by atoms with van der Waals surface area (Å²) in [4.78, 5) is 18.6. The van der Waals surface area contributed by atoms with Crippen LogP contribution in [-0.2, 0) is 0 Å². The Morgan fingerprint density at radius 2 is 2.22 bits per heavy atom. The maximum atomic E-state index is 12.0. The highest BCUT2D eigenvalue weighted by Crippen LogP contribution is 2.29. The van der Waals surface area contributed by atoms with E-state index in [1.165, 1.54) is 12.8 Å². The van der Waals surface area contributed by atoms with Gasteiger partial charge in [-0.3, -0.25) is 9.69 Å². The van der Waals surface area contributed by atoms with Crippen LogP contribution < -0.4 is 5.32 Å². The zero-order valence-electron chi connectivity index (χ0n) is 10.1. The molecule has 4 nitrogen and oxygen atoms in total. The van der Waals surface area contributed by atoms with Gasteiger partial charge in [-0.2, -0.15) is 0 Å². The summed E-state index contributed by atoms with van der Waals surface area (Å²) in [6.45, 7) is 2.12. The van der Waals surface area contributed by atoms with Crippen LogP contribution in [0.15, 0.2) is 22.9 Å². The van der Waals surface area contributed by atoms with Crippen LogP contribution in [0.25, 0.3) is 0 Å². The fourth-order valence-corrected chi connectivity index (χ4v) is 2.69. The number of nitrogens with zero attached hydrogens (tertiary/aromatic N) is 2. The molecule has 2 aliphatic rings. The second kappa shape index (κ2) is 4.97. The molecule has 1 atom stereocenters. The summed E-state index contributed by atoms with van der Waals surface area (Å²) in [5.74, 6) is -0.0161. The number of carbonyl (C=O) groups is 1. The van der Waals surface area contributed by atoms with Crippen molar-refractivity contribution in [2.24, 2.45) is 0 Å². The van der Waals surface area contributed by atoms with Gasteiger partial charge in [-0.05, 0) is 47.3 Å². The Morgan fingerprint density at radius 3 is 2.89 bits per heavy atom. The van der Waals surface area contributed by atoms with Crippen molar-refractivity contribution in [3.63, 3.8) is 0 Å². The van der Waals surface area contributed by atoms with E-state index in [0.717, 1.165) is 30.2 Å². The van der Waals surface area contributed by atoms with Crippen molar-refractivity contribution in [1.29, 1.82) is 0 Å². The van der Waals surface area contributed by atoms with Crippen LogP contribution in [0.1, 0.15) is 29.6 Å². The molecule has 1 aromatic rings. The molecule has 1 saturated heterocycles. The second-order valence-corrected chi connectivity index (χ2v) is 5.87. The summed E-state index contributed by atoms with van der Waals surface area (Å²) >= 11 is 3.26. The van der Waals surface area contributed by atoms with Gasteiger partial charge in [0.15, 0.2) is 0 Å². The van der Waals surface area contributed by atoms with E-state index in [2.05, 4.69) is 31.1 Å². The van der Waals surface area contributed by atoms with Crippen LogP contribution in [-0.4, -0.2) is 41.0 Å². The Balaban J connectivity index is 1.56. The maximum Gasteiger partial charge on any atom is 0.253 e. The first-order chi connectivity index (χ1) is 8.72. The molecule has 1 N–H and O–H groups in total. The molecule has 1 aromatic heterocycles. The first kappa shape index (κ1) is 12.1. The largest absolute Gasteiger partial charge is 0.348 e. The average molecular weight is 310 g/mol. The molecular formula is C13H16BrN3O. The Hall–Kier alpha value is -0.940. The lowest BCUT2D eigenvalue weighted by Crippen LogP contribution is -2.37. The number of nitrogens with one attached hydrogen (secondary N) is 1. The van der Waals surface area contributed by atoms with Crippen LogP contribution in [0.3, 0.4) is 0 Å². The number of hydrogen-bond donors (Lipinski definition) is 1. The molecule has 18 heavy (non-hydrogen) atoms. The molecule has 1 aliphatic carbocycles. The Kier molecular flexibility index (Phi) is 3.35. The molecular weight excluding hydrogens is 294 g/mol. The van der Waals surface area contributed by atoms with Crippen molar-refractivity contribution in [3.05, 3.63) is 28.5 Å². The SMILES string of the molecule is O=C(NC1CCN(C2CC2)C1)c1ccc(Br)nc1. The van der Waals surface area contributed by atoms with Gasteiger partial charge in [0.25, 0.3) is 5.91 Å². The molecule has 2 fully saturated rings. The molecule has 1 unspecified atom stereocenters. The van der Waals surface area contributed by atoms with Crippen LogP contribution in [0.2, 0.25) is 0 Å². The lowest BCUT2D eigenvalue weighted by atomic mass is 10.2. The Bertz CT molecular complexity index is 444. The Morgan fingerprint density at radius 1 is 1.39 bits per heavy atom. The summed E-state index contributed by atoms with van der Waals surface area (Å²) in [5, 5.41) is 3.09. The summed E-state index contributed by atoms with van der Waals surface area (Å²) in [5.41, 5.74) is 0.628. The minimum atomic E-state index is -0.0161. The van der Waals surface area contributed by atoms with E-state index in [0.29, 0.717) is 11.6 Å². The topological polar surface area (TPSA) is 45.2 Å². The van der Waals surface area contributed by atoms with E-state index in [1.54, 1.807) is 18.3 Å².